The van der Waals surface area contributed by atoms with Crippen molar-refractivity contribution in [1.82, 2.24) is 10.2 Å². The van der Waals surface area contributed by atoms with E-state index in [1.165, 1.54) is 88.9 Å². The average molecular weight is 477 g/mol. The molecule has 0 saturated heterocycles. The third kappa shape index (κ3) is 4.17. The highest BCUT2D eigenvalue weighted by molar-refractivity contribution is 5.78. The molecule has 4 bridgehead atoms. The van der Waals surface area contributed by atoms with Gasteiger partial charge in [-0.3, -0.25) is 14.8 Å². The highest BCUT2D eigenvalue weighted by Crippen LogP contribution is 2.61. The normalized spacial score (nSPS) is 38.2. The van der Waals surface area contributed by atoms with Crippen LogP contribution in [-0.4, -0.2) is 54.3 Å². The van der Waals surface area contributed by atoms with Gasteiger partial charge in [0, 0.05) is 6.42 Å². The zero-order chi connectivity index (χ0) is 23.4. The van der Waals surface area contributed by atoms with Gasteiger partial charge in [-0.25, -0.2) is 0 Å². The highest BCUT2D eigenvalue weighted by Gasteiger charge is 2.52. The minimum absolute atomic E-state index is 0.589. The number of rotatable bonds is 7. The fourth-order valence-electron chi connectivity index (χ4n) is 9.94. The van der Waals surface area contributed by atoms with E-state index in [4.69, 9.17) is 4.74 Å². The summed E-state index contributed by atoms with van der Waals surface area (Å²) in [5.74, 6) is 6.51. The van der Waals surface area contributed by atoms with Crippen LogP contribution in [0.15, 0.2) is 24.3 Å². The lowest BCUT2D eigenvalue weighted by Crippen LogP contribution is -2.50. The fraction of sp³-hybridized carbons (Fsp3) is 0.774. The smallest absolute Gasteiger partial charge is 0.349 e. The molecule has 1 aromatic carbocycles. The van der Waals surface area contributed by atoms with Gasteiger partial charge in [0.2, 0.25) is 0 Å². The lowest BCUT2D eigenvalue weighted by atomic mass is 9.49. The van der Waals surface area contributed by atoms with Crippen LogP contribution in [0.25, 0.3) is 0 Å². The molecule has 0 spiro atoms. The maximum Gasteiger partial charge on any atom is 0.349 e. The van der Waals surface area contributed by atoms with Gasteiger partial charge < -0.3 is 4.74 Å². The highest BCUT2D eigenvalue weighted by atomic mass is 16.5. The zero-order valence-electron chi connectivity index (χ0n) is 21.9. The third-order valence-corrected chi connectivity index (χ3v) is 11.1. The quantitative estimate of drug-likeness (QED) is 0.531. The van der Waals surface area contributed by atoms with Crippen LogP contribution >= 0.6 is 0 Å². The van der Waals surface area contributed by atoms with E-state index in [0.717, 1.165) is 35.8 Å². The molecule has 0 aromatic heterocycles. The van der Waals surface area contributed by atoms with Crippen LogP contribution in [-0.2, 0) is 6.42 Å². The summed E-state index contributed by atoms with van der Waals surface area (Å²) in [6, 6.07) is 10.2. The van der Waals surface area contributed by atoms with Crippen LogP contribution in [0.3, 0.4) is 0 Å². The number of hydrogen-bond donors (Lipinski definition) is 1. The predicted octanol–water partition coefficient (Wildman–Crippen LogP) is 5.45. The fourth-order valence-corrected chi connectivity index (χ4v) is 9.94. The lowest BCUT2D eigenvalue weighted by molar-refractivity contribution is -0.559. The summed E-state index contributed by atoms with van der Waals surface area (Å²) in [6.07, 6.45) is 19.0. The lowest BCUT2D eigenvalue weighted by Gasteiger charge is -2.57. The number of nitrogens with one attached hydrogen (secondary N) is 1. The van der Waals surface area contributed by atoms with Gasteiger partial charge in [-0.15, -0.1) is 0 Å². The van der Waals surface area contributed by atoms with Gasteiger partial charge in [-0.05, 0) is 105 Å². The molecule has 8 rings (SSSR count). The summed E-state index contributed by atoms with van der Waals surface area (Å²) in [7, 11) is 1.76. The Balaban J connectivity index is 1.11. The molecule has 2 aliphatic heterocycles. The molecule has 190 valence electrons. The second kappa shape index (κ2) is 8.99. The van der Waals surface area contributed by atoms with Crippen molar-refractivity contribution in [3.8, 4) is 5.75 Å². The van der Waals surface area contributed by atoms with E-state index in [0.29, 0.717) is 17.5 Å². The molecular weight excluding hydrogens is 430 g/mol. The van der Waals surface area contributed by atoms with Crippen molar-refractivity contribution in [1.29, 1.82) is 0 Å². The van der Waals surface area contributed by atoms with E-state index < -0.39 is 0 Å². The summed E-state index contributed by atoms with van der Waals surface area (Å²) in [6.45, 7) is 3.63. The van der Waals surface area contributed by atoms with Gasteiger partial charge in [0.1, 0.15) is 24.4 Å². The first-order valence-electron chi connectivity index (χ1n) is 14.9. The van der Waals surface area contributed by atoms with Crippen molar-refractivity contribution in [2.45, 2.75) is 95.6 Å². The Labute approximate surface area is 212 Å². The molecule has 5 fully saturated rings. The Morgan fingerprint density at radius 1 is 0.971 bits per heavy atom. The van der Waals surface area contributed by atoms with E-state index >= 15 is 0 Å². The van der Waals surface area contributed by atoms with Crippen LogP contribution in [0.2, 0.25) is 0 Å². The van der Waals surface area contributed by atoms with E-state index in [9.17, 15) is 0 Å². The van der Waals surface area contributed by atoms with Gasteiger partial charge in [0.05, 0.1) is 20.2 Å². The second-order valence-electron chi connectivity index (χ2n) is 13.4. The first-order chi connectivity index (χ1) is 17.2. The van der Waals surface area contributed by atoms with Crippen molar-refractivity contribution in [2.75, 3.05) is 26.7 Å². The van der Waals surface area contributed by atoms with Crippen LogP contribution in [0.4, 0.5) is 0 Å². The van der Waals surface area contributed by atoms with Gasteiger partial charge in [0.15, 0.2) is 0 Å². The van der Waals surface area contributed by atoms with E-state index in [-0.39, 0.29) is 0 Å². The van der Waals surface area contributed by atoms with Crippen LogP contribution < -0.4 is 10.1 Å². The summed E-state index contributed by atoms with van der Waals surface area (Å²) in [4.78, 5) is 2.84. The number of benzene rings is 1. The molecule has 5 aliphatic carbocycles. The molecule has 2 atom stereocenters. The van der Waals surface area contributed by atoms with Crippen LogP contribution in [0.1, 0.15) is 82.6 Å². The Morgan fingerprint density at radius 2 is 1.66 bits per heavy atom. The van der Waals surface area contributed by atoms with Crippen molar-refractivity contribution in [3.05, 3.63) is 29.8 Å². The van der Waals surface area contributed by atoms with E-state index in [1.54, 1.807) is 26.4 Å². The summed E-state index contributed by atoms with van der Waals surface area (Å²) in [5, 5.41) is 3.96. The summed E-state index contributed by atoms with van der Waals surface area (Å²) >= 11 is 0. The Hall–Kier alpha value is -1.71. The first kappa shape index (κ1) is 22.5. The van der Waals surface area contributed by atoms with Gasteiger partial charge >= 0.3 is 5.96 Å². The molecule has 1 N–H and O–H groups in total. The minimum Gasteiger partial charge on any atom is -0.497 e. The Morgan fingerprint density at radius 3 is 2.31 bits per heavy atom. The molecule has 0 amide bonds. The summed E-state index contributed by atoms with van der Waals surface area (Å²) in [5.41, 5.74) is 2.11. The monoisotopic (exact) mass is 476 g/mol. The zero-order valence-corrected chi connectivity index (χ0v) is 21.9. The largest absolute Gasteiger partial charge is 0.497 e. The van der Waals surface area contributed by atoms with Crippen LogP contribution in [0, 0.1) is 29.1 Å². The molecule has 4 nitrogen and oxygen atoms in total. The SMILES string of the molecule is COc1ccc(C[C@@H]2C[N+]3=C(NC[C@H]3C3CCCCC3)N2CCC23CC4CC(CC(C4)C2)C3)cc1. The molecule has 7 aliphatic rings. The van der Waals surface area contributed by atoms with Gasteiger partial charge in [0.25, 0.3) is 0 Å². The molecule has 2 heterocycles. The van der Waals surface area contributed by atoms with E-state index in [2.05, 4.69) is 39.1 Å². The Bertz CT molecular complexity index is 911. The molecular formula is C31H46N3O+. The predicted molar refractivity (Wildman–Crippen MR) is 141 cm³/mol. The number of nitrogens with zero attached hydrogens (tertiary/aromatic N) is 2. The van der Waals surface area contributed by atoms with Crippen LogP contribution in [0.5, 0.6) is 5.75 Å². The van der Waals surface area contributed by atoms with Crippen molar-refractivity contribution in [3.63, 3.8) is 0 Å². The third-order valence-electron chi connectivity index (χ3n) is 11.1. The molecule has 35 heavy (non-hydrogen) atoms. The topological polar surface area (TPSA) is 27.5 Å². The average Bonchev–Trinajstić information content (AvgIpc) is 3.42. The van der Waals surface area contributed by atoms with E-state index in [1.807, 2.05) is 0 Å². The maximum atomic E-state index is 5.42. The molecule has 4 heteroatoms. The molecule has 1 aromatic rings. The standard InChI is InChI=1S/C31H45N3O/c1-35-28-9-7-22(8-10-28)16-27-21-34-29(26-5-3-2-4-6-26)20-32-30(34)33(27)12-11-31-17-23-13-24(18-31)15-25(14-23)19-31/h7-10,23-27,29H,2-6,11-21H2,1H3/p+1/t23?,24?,25?,27-,29+,31?/m1/s1. The minimum atomic E-state index is 0.589. The van der Waals surface area contributed by atoms with Crippen molar-refractivity contribution in [2.24, 2.45) is 29.1 Å². The first-order valence-corrected chi connectivity index (χ1v) is 14.9. The van der Waals surface area contributed by atoms with Gasteiger partial charge in [-0.2, -0.15) is 0 Å². The number of guanidine groups is 1. The maximum absolute atomic E-state index is 5.42. The van der Waals surface area contributed by atoms with Crippen molar-refractivity contribution < 1.29 is 9.31 Å². The number of hydrogen-bond acceptors (Lipinski definition) is 3. The Kier molecular flexibility index (Phi) is 5.78. The summed E-state index contributed by atoms with van der Waals surface area (Å²) < 4.78 is 8.25. The molecule has 0 radical (unpaired) electrons. The molecule has 5 saturated carbocycles. The second-order valence-corrected chi connectivity index (χ2v) is 13.4. The van der Waals surface area contributed by atoms with Gasteiger partial charge in [-0.1, -0.05) is 31.4 Å². The molecule has 0 unspecified atom stereocenters. The number of methoxy groups -OCH3 is 1. The van der Waals surface area contributed by atoms with Crippen molar-refractivity contribution >= 4 is 5.96 Å². The number of ether oxygens (including phenoxy) is 1.